The third kappa shape index (κ3) is 6.86. The number of alkyl halides is 2. The molecule has 0 spiro atoms. The van der Waals surface area contributed by atoms with Crippen LogP contribution < -0.4 is 0 Å². The lowest BCUT2D eigenvalue weighted by atomic mass is 10.3. The van der Waals surface area contributed by atoms with Gasteiger partial charge in [0.2, 0.25) is 0 Å². The van der Waals surface area contributed by atoms with Gasteiger partial charge in [0.1, 0.15) is 0 Å². The Morgan fingerprint density at radius 2 is 1.25 bits per heavy atom. The van der Waals surface area contributed by atoms with Crippen LogP contribution in [0.4, 0.5) is 0 Å². The lowest BCUT2D eigenvalue weighted by Gasteiger charge is -1.88. The molecule has 0 atom stereocenters. The Hall–Kier alpha value is 0.180. The Bertz CT molecular complexity index is 178. The van der Waals surface area contributed by atoms with Crippen LogP contribution in [0, 0.1) is 0 Å². The molecule has 0 aromatic rings. The lowest BCUT2D eigenvalue weighted by molar-refractivity contribution is 1.41. The molecule has 0 unspecified atom stereocenters. The van der Waals surface area contributed by atoms with Crippen LogP contribution in [0.3, 0.4) is 0 Å². The molecule has 0 saturated heterocycles. The van der Waals surface area contributed by atoms with Crippen LogP contribution in [-0.2, 0) is 0 Å². The Morgan fingerprint density at radius 3 is 1.50 bits per heavy atom. The van der Waals surface area contributed by atoms with Gasteiger partial charge in [0.15, 0.2) is 0 Å². The van der Waals surface area contributed by atoms with Crippen LogP contribution in [0.25, 0.3) is 0 Å². The van der Waals surface area contributed by atoms with Gasteiger partial charge in [0, 0.05) is 10.7 Å². The van der Waals surface area contributed by atoms with E-state index in [9.17, 15) is 0 Å². The quantitative estimate of drug-likeness (QED) is 0.538. The molecular formula is C10H14Br2. The molecule has 12 heavy (non-hydrogen) atoms. The first kappa shape index (κ1) is 12.2. The van der Waals surface area contributed by atoms with Gasteiger partial charge in [-0.2, -0.15) is 0 Å². The summed E-state index contributed by atoms with van der Waals surface area (Å²) in [5.74, 6) is 0. The van der Waals surface area contributed by atoms with E-state index < -0.39 is 0 Å². The molecule has 0 aliphatic rings. The first-order valence-corrected chi connectivity index (χ1v) is 6.06. The average Bonchev–Trinajstić information content (AvgIpc) is 2.11. The number of rotatable bonds is 4. The zero-order valence-corrected chi connectivity index (χ0v) is 10.7. The highest BCUT2D eigenvalue weighted by molar-refractivity contribution is 9.09. The topological polar surface area (TPSA) is 0 Å². The van der Waals surface area contributed by atoms with E-state index in [1.54, 1.807) is 0 Å². The molecule has 0 aliphatic heterocycles. The minimum atomic E-state index is 0.943. The summed E-state index contributed by atoms with van der Waals surface area (Å²) in [4.78, 5) is 0. The van der Waals surface area contributed by atoms with Gasteiger partial charge in [-0.25, -0.2) is 0 Å². The van der Waals surface area contributed by atoms with Gasteiger partial charge in [-0.05, 0) is 13.8 Å². The Kier molecular flexibility index (Phi) is 7.93. The fourth-order valence-electron chi connectivity index (χ4n) is 0.529. The molecule has 0 N–H and O–H groups in total. The van der Waals surface area contributed by atoms with E-state index >= 15 is 0 Å². The van der Waals surface area contributed by atoms with Crippen LogP contribution in [0.2, 0.25) is 0 Å². The van der Waals surface area contributed by atoms with Crippen molar-refractivity contribution >= 4 is 31.9 Å². The molecular weight excluding hydrogens is 280 g/mol. The van der Waals surface area contributed by atoms with Crippen molar-refractivity contribution in [3.8, 4) is 0 Å². The summed E-state index contributed by atoms with van der Waals surface area (Å²) in [5, 5.41) is 1.89. The van der Waals surface area contributed by atoms with Crippen molar-refractivity contribution in [2.75, 3.05) is 10.7 Å². The summed E-state index contributed by atoms with van der Waals surface area (Å²) >= 11 is 6.77. The third-order valence-corrected chi connectivity index (χ3v) is 3.06. The number of allylic oxidation sites excluding steroid dienone is 6. The summed E-state index contributed by atoms with van der Waals surface area (Å²) in [5.41, 5.74) is 2.66. The molecule has 0 radical (unpaired) electrons. The fraction of sp³-hybridized carbons (Fsp3) is 0.400. The third-order valence-electron chi connectivity index (χ3n) is 1.29. The summed E-state index contributed by atoms with van der Waals surface area (Å²) in [6.45, 7) is 4.19. The average molecular weight is 294 g/mol. The van der Waals surface area contributed by atoms with Gasteiger partial charge in [-0.1, -0.05) is 67.3 Å². The van der Waals surface area contributed by atoms with Gasteiger partial charge in [0.05, 0.1) is 0 Å². The Morgan fingerprint density at radius 1 is 0.917 bits per heavy atom. The van der Waals surface area contributed by atoms with Crippen molar-refractivity contribution < 1.29 is 0 Å². The van der Waals surface area contributed by atoms with E-state index in [4.69, 9.17) is 0 Å². The molecule has 68 valence electrons. The second-order valence-electron chi connectivity index (χ2n) is 2.68. The molecule has 0 fully saturated rings. The predicted octanol–water partition coefficient (Wildman–Crippen LogP) is 4.23. The number of halogens is 2. The smallest absolute Gasteiger partial charge is 0.0242 e. The summed E-state index contributed by atoms with van der Waals surface area (Å²) in [6, 6.07) is 0. The second-order valence-corrected chi connectivity index (χ2v) is 3.80. The predicted molar refractivity (Wildman–Crippen MR) is 64.2 cm³/mol. The van der Waals surface area contributed by atoms with E-state index in [2.05, 4.69) is 70.0 Å². The maximum atomic E-state index is 3.38. The van der Waals surface area contributed by atoms with Crippen molar-refractivity contribution in [3.63, 3.8) is 0 Å². The van der Waals surface area contributed by atoms with E-state index in [1.807, 2.05) is 0 Å². The molecule has 0 heterocycles. The van der Waals surface area contributed by atoms with Crippen LogP contribution in [0.1, 0.15) is 13.8 Å². The molecule has 0 rings (SSSR count). The maximum absolute atomic E-state index is 3.38. The fourth-order valence-corrected chi connectivity index (χ4v) is 0.903. The highest BCUT2D eigenvalue weighted by Gasteiger charge is 1.80. The van der Waals surface area contributed by atoms with Crippen LogP contribution >= 0.6 is 31.9 Å². The lowest BCUT2D eigenvalue weighted by Crippen LogP contribution is -1.73. The van der Waals surface area contributed by atoms with Gasteiger partial charge >= 0.3 is 0 Å². The van der Waals surface area contributed by atoms with E-state index in [1.165, 1.54) is 11.1 Å². The molecule has 0 bridgehead atoms. The van der Waals surface area contributed by atoms with E-state index in [-0.39, 0.29) is 0 Å². The van der Waals surface area contributed by atoms with Crippen molar-refractivity contribution in [2.45, 2.75) is 13.8 Å². The van der Waals surface area contributed by atoms with Gasteiger partial charge < -0.3 is 0 Å². The van der Waals surface area contributed by atoms with Crippen molar-refractivity contribution in [2.24, 2.45) is 0 Å². The minimum Gasteiger partial charge on any atom is -0.0880 e. The van der Waals surface area contributed by atoms with Crippen LogP contribution in [0.5, 0.6) is 0 Å². The maximum Gasteiger partial charge on any atom is 0.0242 e. The normalized spacial score (nSPS) is 14.3. The van der Waals surface area contributed by atoms with Crippen LogP contribution in [0.15, 0.2) is 35.5 Å². The number of hydrogen-bond acceptors (Lipinski definition) is 0. The summed E-state index contributed by atoms with van der Waals surface area (Å²) < 4.78 is 0. The highest BCUT2D eigenvalue weighted by Crippen LogP contribution is 2.00. The molecule has 2 heteroatoms. The highest BCUT2D eigenvalue weighted by atomic mass is 79.9. The standard InChI is InChI=1S/C10H14Br2/c1-9(7-11)5-3-4-6-10(2)8-12/h3-6H,7-8H2,1-2H3/b4-3+,9-5-,10-6+. The Balaban J connectivity index is 3.93. The first-order valence-electron chi connectivity index (χ1n) is 3.82. The van der Waals surface area contributed by atoms with E-state index in [0.717, 1.165) is 10.7 Å². The zero-order valence-electron chi connectivity index (χ0n) is 7.48. The largest absolute Gasteiger partial charge is 0.0880 e. The minimum absolute atomic E-state index is 0.943. The Labute approximate surface area is 91.7 Å². The van der Waals surface area contributed by atoms with Crippen molar-refractivity contribution in [3.05, 3.63) is 35.5 Å². The van der Waals surface area contributed by atoms with Crippen molar-refractivity contribution in [1.29, 1.82) is 0 Å². The number of hydrogen-bond donors (Lipinski definition) is 0. The second kappa shape index (κ2) is 7.81. The van der Waals surface area contributed by atoms with E-state index in [0.29, 0.717) is 0 Å². The van der Waals surface area contributed by atoms with Crippen molar-refractivity contribution in [1.82, 2.24) is 0 Å². The molecule has 0 aromatic heterocycles. The molecule has 0 aromatic carbocycles. The molecule has 0 saturated carbocycles. The van der Waals surface area contributed by atoms with Gasteiger partial charge in [-0.3, -0.25) is 0 Å². The van der Waals surface area contributed by atoms with Gasteiger partial charge in [0.25, 0.3) is 0 Å². The summed E-state index contributed by atoms with van der Waals surface area (Å²) in [6.07, 6.45) is 8.32. The first-order chi connectivity index (χ1) is 5.70. The molecule has 0 amide bonds. The van der Waals surface area contributed by atoms with Gasteiger partial charge in [-0.15, -0.1) is 0 Å². The zero-order chi connectivity index (χ0) is 9.40. The molecule has 0 nitrogen and oxygen atoms in total. The monoisotopic (exact) mass is 292 g/mol. The summed E-state index contributed by atoms with van der Waals surface area (Å²) in [7, 11) is 0. The SMILES string of the molecule is C/C(=C/C=C/C=C(\C)CBr)CBr. The molecule has 0 aliphatic carbocycles. The van der Waals surface area contributed by atoms with Crippen LogP contribution in [-0.4, -0.2) is 10.7 Å².